The van der Waals surface area contributed by atoms with Crippen LogP contribution in [0.2, 0.25) is 10.0 Å². The van der Waals surface area contributed by atoms with Crippen LogP contribution in [0.4, 0.5) is 5.95 Å². The number of nitrogens with zero attached hydrogens (tertiary/aromatic N) is 3. The lowest BCUT2D eigenvalue weighted by Crippen LogP contribution is -2.26. The van der Waals surface area contributed by atoms with Crippen LogP contribution in [0.25, 0.3) is 0 Å². The third-order valence-corrected chi connectivity index (χ3v) is 3.59. The Morgan fingerprint density at radius 1 is 1.30 bits per heavy atom. The average molecular weight is 355 g/mol. The van der Waals surface area contributed by atoms with Gasteiger partial charge in [-0.1, -0.05) is 23.2 Å². The fourth-order valence-corrected chi connectivity index (χ4v) is 2.46. The molecule has 0 spiro atoms. The van der Waals surface area contributed by atoms with Crippen molar-refractivity contribution in [1.82, 2.24) is 14.9 Å². The SMILES string of the molecule is Cc1nc(N)nc(COc2ccc(Cl)cc2Cl)c1C(=O)N(C)C. The summed E-state index contributed by atoms with van der Waals surface area (Å²) in [6, 6.07) is 4.88. The van der Waals surface area contributed by atoms with Crippen LogP contribution in [0.5, 0.6) is 5.75 Å². The fourth-order valence-electron chi connectivity index (χ4n) is 2.00. The molecule has 0 fully saturated rings. The van der Waals surface area contributed by atoms with Crippen LogP contribution < -0.4 is 10.5 Å². The molecule has 0 aliphatic heterocycles. The van der Waals surface area contributed by atoms with E-state index in [1.165, 1.54) is 4.90 Å². The van der Waals surface area contributed by atoms with Crippen LogP contribution in [0.1, 0.15) is 21.7 Å². The Labute approximate surface area is 144 Å². The third kappa shape index (κ3) is 4.03. The van der Waals surface area contributed by atoms with Gasteiger partial charge in [-0.3, -0.25) is 4.79 Å². The standard InChI is InChI=1S/C15H16Cl2N4O2/c1-8-13(14(22)21(2)3)11(20-15(18)19-8)7-23-12-5-4-9(16)6-10(12)17/h4-6H,7H2,1-3H3,(H2,18,19,20). The first-order valence-corrected chi connectivity index (χ1v) is 7.47. The average Bonchev–Trinajstić information content (AvgIpc) is 2.45. The molecule has 0 aliphatic rings. The molecule has 1 aromatic carbocycles. The molecule has 23 heavy (non-hydrogen) atoms. The highest BCUT2D eigenvalue weighted by molar-refractivity contribution is 6.35. The van der Waals surface area contributed by atoms with Crippen LogP contribution in [0, 0.1) is 6.92 Å². The first-order chi connectivity index (χ1) is 10.8. The van der Waals surface area contributed by atoms with Gasteiger partial charge in [0, 0.05) is 19.1 Å². The van der Waals surface area contributed by atoms with Crippen molar-refractivity contribution >= 4 is 35.1 Å². The van der Waals surface area contributed by atoms with Gasteiger partial charge in [-0.15, -0.1) is 0 Å². The van der Waals surface area contributed by atoms with E-state index in [2.05, 4.69) is 9.97 Å². The number of halogens is 2. The van der Waals surface area contributed by atoms with Gasteiger partial charge in [0.2, 0.25) is 5.95 Å². The third-order valence-electron chi connectivity index (χ3n) is 3.06. The molecule has 0 saturated heterocycles. The van der Waals surface area contributed by atoms with Crippen LogP contribution in [-0.2, 0) is 6.61 Å². The van der Waals surface area contributed by atoms with Crippen molar-refractivity contribution in [3.63, 3.8) is 0 Å². The van der Waals surface area contributed by atoms with E-state index in [0.29, 0.717) is 32.7 Å². The van der Waals surface area contributed by atoms with Crippen molar-refractivity contribution in [2.75, 3.05) is 19.8 Å². The maximum atomic E-state index is 12.3. The number of hydrogen-bond donors (Lipinski definition) is 1. The van der Waals surface area contributed by atoms with Crippen LogP contribution in [0.15, 0.2) is 18.2 Å². The first-order valence-electron chi connectivity index (χ1n) is 6.72. The summed E-state index contributed by atoms with van der Waals surface area (Å²) in [6.45, 7) is 1.73. The number of anilines is 1. The molecule has 1 heterocycles. The Hall–Kier alpha value is -2.05. The quantitative estimate of drug-likeness (QED) is 0.912. The number of nitrogen functional groups attached to an aromatic ring is 1. The van der Waals surface area contributed by atoms with Gasteiger partial charge < -0.3 is 15.4 Å². The molecule has 0 bridgehead atoms. The molecular formula is C15H16Cl2N4O2. The van der Waals surface area contributed by atoms with Crippen LogP contribution in [0.3, 0.4) is 0 Å². The number of aryl methyl sites for hydroxylation is 1. The highest BCUT2D eigenvalue weighted by Crippen LogP contribution is 2.28. The molecule has 0 radical (unpaired) electrons. The first kappa shape index (κ1) is 17.3. The van der Waals surface area contributed by atoms with E-state index in [1.807, 2.05) is 0 Å². The Balaban J connectivity index is 2.33. The van der Waals surface area contributed by atoms with Crippen molar-refractivity contribution in [2.45, 2.75) is 13.5 Å². The summed E-state index contributed by atoms with van der Waals surface area (Å²) in [5, 5.41) is 0.879. The highest BCUT2D eigenvalue weighted by atomic mass is 35.5. The minimum absolute atomic E-state index is 0.0316. The largest absolute Gasteiger partial charge is 0.486 e. The minimum Gasteiger partial charge on any atom is -0.486 e. The monoisotopic (exact) mass is 354 g/mol. The number of rotatable bonds is 4. The van der Waals surface area contributed by atoms with E-state index < -0.39 is 0 Å². The van der Waals surface area contributed by atoms with Gasteiger partial charge in [0.1, 0.15) is 12.4 Å². The second kappa shape index (κ2) is 7.02. The second-order valence-electron chi connectivity index (χ2n) is 5.05. The van der Waals surface area contributed by atoms with E-state index in [-0.39, 0.29) is 18.5 Å². The highest BCUT2D eigenvalue weighted by Gasteiger charge is 2.20. The molecule has 2 aromatic rings. The number of benzene rings is 1. The zero-order valence-electron chi connectivity index (χ0n) is 12.9. The van der Waals surface area contributed by atoms with Crippen molar-refractivity contribution in [2.24, 2.45) is 0 Å². The van der Waals surface area contributed by atoms with Crippen molar-refractivity contribution in [3.8, 4) is 5.75 Å². The number of nitrogens with two attached hydrogens (primary N) is 1. The lowest BCUT2D eigenvalue weighted by atomic mass is 10.1. The smallest absolute Gasteiger partial charge is 0.257 e. The van der Waals surface area contributed by atoms with E-state index in [1.54, 1.807) is 39.2 Å². The lowest BCUT2D eigenvalue weighted by molar-refractivity contribution is 0.0823. The molecule has 8 heteroatoms. The summed E-state index contributed by atoms with van der Waals surface area (Å²) < 4.78 is 5.65. The van der Waals surface area contributed by atoms with Crippen molar-refractivity contribution < 1.29 is 9.53 Å². The topological polar surface area (TPSA) is 81.3 Å². The van der Waals surface area contributed by atoms with Crippen molar-refractivity contribution in [3.05, 3.63) is 45.2 Å². The Morgan fingerprint density at radius 2 is 2.00 bits per heavy atom. The normalized spacial score (nSPS) is 10.5. The molecule has 1 aromatic heterocycles. The molecule has 2 rings (SSSR count). The molecule has 0 atom stereocenters. The maximum Gasteiger partial charge on any atom is 0.257 e. The Bertz CT molecular complexity index is 750. The molecule has 1 amide bonds. The number of amides is 1. The van der Waals surface area contributed by atoms with E-state index in [9.17, 15) is 4.79 Å². The summed E-state index contributed by atoms with van der Waals surface area (Å²) in [4.78, 5) is 21.9. The number of aromatic nitrogens is 2. The lowest BCUT2D eigenvalue weighted by Gasteiger charge is -2.16. The van der Waals surface area contributed by atoms with Gasteiger partial charge >= 0.3 is 0 Å². The molecule has 122 valence electrons. The summed E-state index contributed by atoms with van der Waals surface area (Å²) in [5.74, 6) is 0.302. The molecule has 6 nitrogen and oxygen atoms in total. The van der Waals surface area contributed by atoms with Gasteiger partial charge in [-0.25, -0.2) is 9.97 Å². The number of carbonyl (C=O) groups excluding carboxylic acids is 1. The van der Waals surface area contributed by atoms with E-state index in [4.69, 9.17) is 33.7 Å². The summed E-state index contributed by atoms with van der Waals surface area (Å²) >= 11 is 11.9. The predicted octanol–water partition coefficient (Wildman–Crippen LogP) is 2.95. The molecule has 0 saturated carbocycles. The van der Waals surface area contributed by atoms with Gasteiger partial charge in [0.05, 0.1) is 22.0 Å². The molecular weight excluding hydrogens is 339 g/mol. The zero-order valence-corrected chi connectivity index (χ0v) is 14.4. The van der Waals surface area contributed by atoms with E-state index >= 15 is 0 Å². The van der Waals surface area contributed by atoms with Gasteiger partial charge in [0.25, 0.3) is 5.91 Å². The predicted molar refractivity (Wildman–Crippen MR) is 90.0 cm³/mol. The molecule has 2 N–H and O–H groups in total. The summed E-state index contributed by atoms with van der Waals surface area (Å²) in [7, 11) is 3.30. The molecule has 0 aliphatic carbocycles. The number of hydrogen-bond acceptors (Lipinski definition) is 5. The van der Waals surface area contributed by atoms with E-state index in [0.717, 1.165) is 0 Å². The maximum absolute atomic E-state index is 12.3. The minimum atomic E-state index is -0.219. The summed E-state index contributed by atoms with van der Waals surface area (Å²) in [5.41, 5.74) is 6.95. The van der Waals surface area contributed by atoms with Crippen LogP contribution in [-0.4, -0.2) is 34.9 Å². The zero-order chi connectivity index (χ0) is 17.1. The second-order valence-corrected chi connectivity index (χ2v) is 5.90. The van der Waals surface area contributed by atoms with Crippen molar-refractivity contribution in [1.29, 1.82) is 0 Å². The number of carbonyl (C=O) groups is 1. The fraction of sp³-hybridized carbons (Fsp3) is 0.267. The summed E-state index contributed by atoms with van der Waals surface area (Å²) in [6.07, 6.45) is 0. The number of ether oxygens (including phenoxy) is 1. The Kier molecular flexibility index (Phi) is 5.28. The van der Waals surface area contributed by atoms with Crippen LogP contribution >= 0.6 is 23.2 Å². The van der Waals surface area contributed by atoms with Gasteiger partial charge in [0.15, 0.2) is 0 Å². The molecule has 0 unspecified atom stereocenters. The Morgan fingerprint density at radius 3 is 2.61 bits per heavy atom. The van der Waals surface area contributed by atoms with Gasteiger partial charge in [-0.05, 0) is 25.1 Å². The van der Waals surface area contributed by atoms with Gasteiger partial charge in [-0.2, -0.15) is 0 Å².